The van der Waals surface area contributed by atoms with E-state index < -0.39 is 0 Å². The maximum atomic E-state index is 5.79. The van der Waals surface area contributed by atoms with Crippen LogP contribution in [-0.2, 0) is 0 Å². The van der Waals surface area contributed by atoms with E-state index in [0.717, 1.165) is 5.82 Å². The lowest BCUT2D eigenvalue weighted by Gasteiger charge is -2.22. The summed E-state index contributed by atoms with van der Waals surface area (Å²) in [7, 11) is 0. The minimum atomic E-state index is -0.0295. The Balaban J connectivity index is 2.89. The molecule has 4 heteroatoms. The second-order valence-electron chi connectivity index (χ2n) is 5.13. The number of aromatic nitrogens is 1. The van der Waals surface area contributed by atoms with Crippen LogP contribution in [-0.4, -0.2) is 16.6 Å². The van der Waals surface area contributed by atoms with Gasteiger partial charge in [-0.15, -0.1) is 0 Å². The summed E-state index contributed by atoms with van der Waals surface area (Å²) in [5.74, 6) is 1.27. The van der Waals surface area contributed by atoms with E-state index in [0.29, 0.717) is 11.6 Å². The Morgan fingerprint density at radius 2 is 1.94 bits per heavy atom. The first-order valence-corrected chi connectivity index (χ1v) is 5.49. The van der Waals surface area contributed by atoms with Crippen LogP contribution in [0.2, 0.25) is 0 Å². The standard InChI is InChI=1S/C12H21N3O/c1-8(2)16-11-9(13)6-7-10(14-11)15-12(3,4)5/h6-8H,13H2,1-5H3,(H,14,15). The first-order valence-electron chi connectivity index (χ1n) is 5.49. The third-order valence-corrected chi connectivity index (χ3v) is 1.74. The van der Waals surface area contributed by atoms with Crippen LogP contribution in [0.15, 0.2) is 12.1 Å². The van der Waals surface area contributed by atoms with E-state index in [4.69, 9.17) is 10.5 Å². The Morgan fingerprint density at radius 1 is 1.31 bits per heavy atom. The van der Waals surface area contributed by atoms with Crippen LogP contribution in [0, 0.1) is 0 Å². The van der Waals surface area contributed by atoms with Crippen molar-refractivity contribution in [1.82, 2.24) is 4.98 Å². The van der Waals surface area contributed by atoms with Crippen molar-refractivity contribution in [3.8, 4) is 5.88 Å². The quantitative estimate of drug-likeness (QED) is 0.827. The highest BCUT2D eigenvalue weighted by Crippen LogP contribution is 2.23. The molecule has 90 valence electrons. The van der Waals surface area contributed by atoms with Gasteiger partial charge in [-0.05, 0) is 46.8 Å². The molecule has 0 aliphatic heterocycles. The topological polar surface area (TPSA) is 60.2 Å². The molecule has 0 aliphatic rings. The van der Waals surface area contributed by atoms with Gasteiger partial charge in [0, 0.05) is 5.54 Å². The van der Waals surface area contributed by atoms with E-state index in [-0.39, 0.29) is 11.6 Å². The predicted molar refractivity (Wildman–Crippen MR) is 67.8 cm³/mol. The molecule has 0 unspecified atom stereocenters. The second-order valence-corrected chi connectivity index (χ2v) is 5.13. The first kappa shape index (κ1) is 12.6. The molecule has 0 saturated carbocycles. The zero-order valence-corrected chi connectivity index (χ0v) is 10.7. The SMILES string of the molecule is CC(C)Oc1nc(NC(C)(C)C)ccc1N. The number of pyridine rings is 1. The Hall–Kier alpha value is -1.45. The van der Waals surface area contributed by atoms with Gasteiger partial charge in [-0.2, -0.15) is 4.98 Å². The van der Waals surface area contributed by atoms with E-state index in [1.807, 2.05) is 19.9 Å². The van der Waals surface area contributed by atoms with Gasteiger partial charge in [0.15, 0.2) is 0 Å². The maximum absolute atomic E-state index is 5.79. The van der Waals surface area contributed by atoms with Crippen molar-refractivity contribution in [3.05, 3.63) is 12.1 Å². The van der Waals surface area contributed by atoms with Crippen LogP contribution < -0.4 is 15.8 Å². The molecule has 1 aromatic heterocycles. The maximum Gasteiger partial charge on any atom is 0.239 e. The molecular formula is C12H21N3O. The number of nitrogens with one attached hydrogen (secondary N) is 1. The molecule has 0 spiro atoms. The predicted octanol–water partition coefficient (Wildman–Crippen LogP) is 2.66. The van der Waals surface area contributed by atoms with Crippen LogP contribution in [0.3, 0.4) is 0 Å². The van der Waals surface area contributed by atoms with Gasteiger partial charge in [0.05, 0.1) is 11.8 Å². The summed E-state index contributed by atoms with van der Waals surface area (Å²) < 4.78 is 5.52. The molecule has 0 fully saturated rings. The smallest absolute Gasteiger partial charge is 0.239 e. The minimum absolute atomic E-state index is 0.0295. The molecular weight excluding hydrogens is 202 g/mol. The number of nitrogens with two attached hydrogens (primary N) is 1. The molecule has 0 amide bonds. The van der Waals surface area contributed by atoms with E-state index >= 15 is 0 Å². The normalized spacial score (nSPS) is 11.6. The van der Waals surface area contributed by atoms with Gasteiger partial charge in [-0.25, -0.2) is 0 Å². The van der Waals surface area contributed by atoms with Gasteiger partial charge in [-0.3, -0.25) is 0 Å². The highest BCUT2D eigenvalue weighted by atomic mass is 16.5. The first-order chi connectivity index (χ1) is 7.28. The molecule has 1 rings (SSSR count). The highest BCUT2D eigenvalue weighted by Gasteiger charge is 2.12. The molecule has 3 N–H and O–H groups in total. The Kier molecular flexibility index (Phi) is 3.62. The third-order valence-electron chi connectivity index (χ3n) is 1.74. The number of rotatable bonds is 3. The van der Waals surface area contributed by atoms with Gasteiger partial charge < -0.3 is 15.8 Å². The lowest BCUT2D eigenvalue weighted by Crippen LogP contribution is -2.26. The zero-order chi connectivity index (χ0) is 12.3. The van der Waals surface area contributed by atoms with Crippen molar-refractivity contribution in [1.29, 1.82) is 0 Å². The third kappa shape index (κ3) is 3.96. The average molecular weight is 223 g/mol. The van der Waals surface area contributed by atoms with E-state index in [9.17, 15) is 0 Å². The van der Waals surface area contributed by atoms with Gasteiger partial charge in [0.2, 0.25) is 5.88 Å². The number of ether oxygens (including phenoxy) is 1. The highest BCUT2D eigenvalue weighted by molar-refractivity contribution is 5.54. The van der Waals surface area contributed by atoms with Crippen molar-refractivity contribution in [3.63, 3.8) is 0 Å². The number of nitrogens with zero attached hydrogens (tertiary/aromatic N) is 1. The second kappa shape index (κ2) is 4.60. The molecule has 0 aliphatic carbocycles. The van der Waals surface area contributed by atoms with Crippen molar-refractivity contribution >= 4 is 11.5 Å². The summed E-state index contributed by atoms with van der Waals surface area (Å²) in [5, 5.41) is 3.28. The van der Waals surface area contributed by atoms with E-state index in [2.05, 4.69) is 31.1 Å². The molecule has 0 bridgehead atoms. The Morgan fingerprint density at radius 3 is 2.44 bits per heavy atom. The molecule has 1 heterocycles. The molecule has 0 saturated heterocycles. The van der Waals surface area contributed by atoms with Gasteiger partial charge in [0.1, 0.15) is 5.82 Å². The summed E-state index contributed by atoms with van der Waals surface area (Å²) in [6.45, 7) is 10.1. The van der Waals surface area contributed by atoms with Gasteiger partial charge in [-0.1, -0.05) is 0 Å². The summed E-state index contributed by atoms with van der Waals surface area (Å²) >= 11 is 0. The molecule has 4 nitrogen and oxygen atoms in total. The van der Waals surface area contributed by atoms with E-state index in [1.54, 1.807) is 6.07 Å². The van der Waals surface area contributed by atoms with Crippen molar-refractivity contribution in [2.75, 3.05) is 11.1 Å². The van der Waals surface area contributed by atoms with Crippen LogP contribution in [0.4, 0.5) is 11.5 Å². The molecule has 0 radical (unpaired) electrons. The largest absolute Gasteiger partial charge is 0.473 e. The summed E-state index contributed by atoms with van der Waals surface area (Å²) in [4.78, 5) is 4.34. The summed E-state index contributed by atoms with van der Waals surface area (Å²) in [5.41, 5.74) is 6.32. The minimum Gasteiger partial charge on any atom is -0.473 e. The lowest BCUT2D eigenvalue weighted by molar-refractivity contribution is 0.234. The summed E-state index contributed by atoms with van der Waals surface area (Å²) in [6, 6.07) is 3.66. The van der Waals surface area contributed by atoms with Crippen molar-refractivity contribution in [2.24, 2.45) is 0 Å². The van der Waals surface area contributed by atoms with Crippen molar-refractivity contribution in [2.45, 2.75) is 46.3 Å². The Labute approximate surface area is 97.2 Å². The van der Waals surface area contributed by atoms with E-state index in [1.165, 1.54) is 0 Å². The Bertz CT molecular complexity index is 356. The fourth-order valence-electron chi connectivity index (χ4n) is 1.22. The molecule has 0 atom stereocenters. The number of hydrogen-bond donors (Lipinski definition) is 2. The molecule has 1 aromatic rings. The zero-order valence-electron chi connectivity index (χ0n) is 10.7. The fraction of sp³-hybridized carbons (Fsp3) is 0.583. The van der Waals surface area contributed by atoms with Crippen molar-refractivity contribution < 1.29 is 4.74 Å². The number of hydrogen-bond acceptors (Lipinski definition) is 4. The monoisotopic (exact) mass is 223 g/mol. The van der Waals surface area contributed by atoms with Crippen LogP contribution in [0.1, 0.15) is 34.6 Å². The van der Waals surface area contributed by atoms with Gasteiger partial charge >= 0.3 is 0 Å². The lowest BCUT2D eigenvalue weighted by atomic mass is 10.1. The number of anilines is 2. The molecule has 0 aromatic carbocycles. The summed E-state index contributed by atoms with van der Waals surface area (Å²) in [6.07, 6.45) is 0.0692. The fourth-order valence-corrected chi connectivity index (χ4v) is 1.22. The van der Waals surface area contributed by atoms with Crippen LogP contribution >= 0.6 is 0 Å². The van der Waals surface area contributed by atoms with Gasteiger partial charge in [0.25, 0.3) is 0 Å². The van der Waals surface area contributed by atoms with Crippen LogP contribution in [0.25, 0.3) is 0 Å². The van der Waals surface area contributed by atoms with Crippen LogP contribution in [0.5, 0.6) is 5.88 Å². The average Bonchev–Trinajstić information content (AvgIpc) is 2.07. The molecule has 16 heavy (non-hydrogen) atoms. The number of nitrogen functional groups attached to an aromatic ring is 1.